The normalized spacial score (nSPS) is 10.8. The molecule has 5 heteroatoms. The molecule has 128 valence electrons. The number of benzene rings is 2. The van der Waals surface area contributed by atoms with Gasteiger partial charge in [-0.25, -0.2) is 4.79 Å². The SMILES string of the molecule is CCc1cc2oc(=O)cc(COC(=O)Cc3ccccc3)c2cc1Cl. The van der Waals surface area contributed by atoms with Crippen molar-refractivity contribution in [3.05, 3.63) is 80.7 Å². The van der Waals surface area contributed by atoms with E-state index in [2.05, 4.69) is 0 Å². The standard InChI is InChI=1S/C20H17ClO4/c1-2-14-9-18-16(11-17(14)21)15(10-20(23)25-18)12-24-19(22)8-13-6-4-3-5-7-13/h3-7,9-11H,2,8,12H2,1H3. The molecule has 2 aromatic carbocycles. The maximum absolute atomic E-state index is 12.0. The zero-order valence-corrected chi connectivity index (χ0v) is 14.5. The highest BCUT2D eigenvalue weighted by Crippen LogP contribution is 2.26. The van der Waals surface area contributed by atoms with E-state index in [1.807, 2.05) is 37.3 Å². The monoisotopic (exact) mass is 356 g/mol. The van der Waals surface area contributed by atoms with E-state index < -0.39 is 5.63 Å². The number of hydrogen-bond donors (Lipinski definition) is 0. The van der Waals surface area contributed by atoms with Gasteiger partial charge in [-0.1, -0.05) is 48.9 Å². The van der Waals surface area contributed by atoms with Gasteiger partial charge in [0.2, 0.25) is 0 Å². The Labute approximate surface area is 150 Å². The molecule has 0 atom stereocenters. The van der Waals surface area contributed by atoms with Crippen LogP contribution in [0, 0.1) is 0 Å². The Bertz CT molecular complexity index is 961. The van der Waals surface area contributed by atoms with E-state index in [9.17, 15) is 9.59 Å². The highest BCUT2D eigenvalue weighted by atomic mass is 35.5. The van der Waals surface area contributed by atoms with Crippen LogP contribution < -0.4 is 5.63 Å². The topological polar surface area (TPSA) is 56.5 Å². The van der Waals surface area contributed by atoms with Crippen LogP contribution in [-0.4, -0.2) is 5.97 Å². The molecule has 25 heavy (non-hydrogen) atoms. The number of hydrogen-bond acceptors (Lipinski definition) is 4. The van der Waals surface area contributed by atoms with Crippen LogP contribution in [0.1, 0.15) is 23.6 Å². The second-order valence-corrected chi connectivity index (χ2v) is 6.11. The van der Waals surface area contributed by atoms with Crippen LogP contribution in [0.25, 0.3) is 11.0 Å². The number of rotatable bonds is 5. The van der Waals surface area contributed by atoms with Crippen LogP contribution >= 0.6 is 11.6 Å². The molecule has 0 aliphatic rings. The van der Waals surface area contributed by atoms with E-state index >= 15 is 0 Å². The molecule has 3 rings (SSSR count). The van der Waals surface area contributed by atoms with Crippen molar-refractivity contribution in [2.24, 2.45) is 0 Å². The summed E-state index contributed by atoms with van der Waals surface area (Å²) in [5.41, 5.74) is 2.32. The molecule has 3 aromatic rings. The van der Waals surface area contributed by atoms with Gasteiger partial charge in [-0.3, -0.25) is 4.79 Å². The van der Waals surface area contributed by atoms with Gasteiger partial charge in [-0.2, -0.15) is 0 Å². The number of fused-ring (bicyclic) bond motifs is 1. The third-order valence-corrected chi connectivity index (χ3v) is 4.31. The first-order valence-electron chi connectivity index (χ1n) is 8.01. The molecule has 0 saturated heterocycles. The van der Waals surface area contributed by atoms with Gasteiger partial charge < -0.3 is 9.15 Å². The molecular weight excluding hydrogens is 340 g/mol. The zero-order chi connectivity index (χ0) is 17.8. The highest BCUT2D eigenvalue weighted by molar-refractivity contribution is 6.32. The fraction of sp³-hybridized carbons (Fsp3) is 0.200. The molecule has 0 fully saturated rings. The Morgan fingerprint density at radius 3 is 2.60 bits per heavy atom. The van der Waals surface area contributed by atoms with Crippen molar-refractivity contribution in [3.8, 4) is 0 Å². The lowest BCUT2D eigenvalue weighted by Crippen LogP contribution is -2.10. The Morgan fingerprint density at radius 2 is 1.88 bits per heavy atom. The van der Waals surface area contributed by atoms with Gasteiger partial charge in [0.25, 0.3) is 0 Å². The Hall–Kier alpha value is -2.59. The van der Waals surface area contributed by atoms with Gasteiger partial charge >= 0.3 is 11.6 Å². The minimum absolute atomic E-state index is 0.00440. The summed E-state index contributed by atoms with van der Waals surface area (Å²) in [6.45, 7) is 1.97. The molecule has 0 aliphatic carbocycles. The van der Waals surface area contributed by atoms with Crippen LogP contribution in [0.15, 0.2) is 57.7 Å². The van der Waals surface area contributed by atoms with Crippen LogP contribution in [0.2, 0.25) is 5.02 Å². The van der Waals surface area contributed by atoms with E-state index in [0.717, 1.165) is 17.5 Å². The molecule has 0 spiro atoms. The molecule has 4 nitrogen and oxygen atoms in total. The summed E-state index contributed by atoms with van der Waals surface area (Å²) in [6.07, 6.45) is 0.912. The van der Waals surface area contributed by atoms with E-state index in [0.29, 0.717) is 21.6 Å². The number of carbonyl (C=O) groups excluding carboxylic acids is 1. The van der Waals surface area contributed by atoms with Gasteiger partial charge in [0, 0.05) is 22.0 Å². The summed E-state index contributed by atoms with van der Waals surface area (Å²) < 4.78 is 10.6. The lowest BCUT2D eigenvalue weighted by atomic mass is 10.1. The number of halogens is 1. The third-order valence-electron chi connectivity index (χ3n) is 3.96. The number of aryl methyl sites for hydroxylation is 1. The third kappa shape index (κ3) is 4.09. The molecule has 0 saturated carbocycles. The molecule has 1 aromatic heterocycles. The number of esters is 1. The van der Waals surface area contributed by atoms with E-state index in [1.54, 1.807) is 12.1 Å². The van der Waals surface area contributed by atoms with Crippen molar-refractivity contribution in [3.63, 3.8) is 0 Å². The quantitative estimate of drug-likeness (QED) is 0.505. The fourth-order valence-corrected chi connectivity index (χ4v) is 2.95. The van der Waals surface area contributed by atoms with Crippen LogP contribution in [0.3, 0.4) is 0 Å². The highest BCUT2D eigenvalue weighted by Gasteiger charge is 2.12. The van der Waals surface area contributed by atoms with Gasteiger partial charge in [0.15, 0.2) is 0 Å². The van der Waals surface area contributed by atoms with E-state index in [4.69, 9.17) is 20.8 Å². The van der Waals surface area contributed by atoms with Crippen LogP contribution in [0.4, 0.5) is 0 Å². The predicted octanol–water partition coefficient (Wildman–Crippen LogP) is 4.29. The molecule has 0 N–H and O–H groups in total. The first-order valence-corrected chi connectivity index (χ1v) is 8.39. The molecule has 0 bridgehead atoms. The van der Waals surface area contributed by atoms with Crippen molar-refractivity contribution in [2.75, 3.05) is 0 Å². The summed E-state index contributed by atoms with van der Waals surface area (Å²) in [5.74, 6) is -0.358. The lowest BCUT2D eigenvalue weighted by Gasteiger charge is -2.09. The minimum atomic E-state index is -0.481. The maximum atomic E-state index is 12.0. The Balaban J connectivity index is 1.82. The summed E-state index contributed by atoms with van der Waals surface area (Å²) >= 11 is 6.26. The summed E-state index contributed by atoms with van der Waals surface area (Å²) in [7, 11) is 0. The second-order valence-electron chi connectivity index (χ2n) is 5.71. The lowest BCUT2D eigenvalue weighted by molar-refractivity contribution is -0.144. The fourth-order valence-electron chi connectivity index (χ4n) is 2.65. The van der Waals surface area contributed by atoms with Crippen molar-refractivity contribution >= 4 is 28.5 Å². The largest absolute Gasteiger partial charge is 0.461 e. The predicted molar refractivity (Wildman–Crippen MR) is 96.8 cm³/mol. The van der Waals surface area contributed by atoms with Gasteiger partial charge in [0.05, 0.1) is 6.42 Å². The smallest absolute Gasteiger partial charge is 0.336 e. The van der Waals surface area contributed by atoms with Crippen LogP contribution in [-0.2, 0) is 29.0 Å². The number of carbonyl (C=O) groups is 1. The van der Waals surface area contributed by atoms with Gasteiger partial charge in [-0.15, -0.1) is 0 Å². The average molecular weight is 357 g/mol. The minimum Gasteiger partial charge on any atom is -0.461 e. The molecule has 0 aliphatic heterocycles. The summed E-state index contributed by atoms with van der Waals surface area (Å²) in [5, 5.41) is 1.27. The van der Waals surface area contributed by atoms with Crippen molar-refractivity contribution in [1.29, 1.82) is 0 Å². The van der Waals surface area contributed by atoms with E-state index in [-0.39, 0.29) is 19.0 Å². The summed E-state index contributed by atoms with van der Waals surface area (Å²) in [4.78, 5) is 23.8. The number of ether oxygens (including phenoxy) is 1. The summed E-state index contributed by atoms with van der Waals surface area (Å²) in [6, 6.07) is 14.2. The average Bonchev–Trinajstić information content (AvgIpc) is 2.60. The van der Waals surface area contributed by atoms with Crippen molar-refractivity contribution in [1.82, 2.24) is 0 Å². The van der Waals surface area contributed by atoms with Crippen molar-refractivity contribution < 1.29 is 13.9 Å². The zero-order valence-electron chi connectivity index (χ0n) is 13.8. The molecule has 0 amide bonds. The first-order chi connectivity index (χ1) is 12.1. The van der Waals surface area contributed by atoms with Gasteiger partial charge in [0.1, 0.15) is 12.2 Å². The van der Waals surface area contributed by atoms with E-state index in [1.165, 1.54) is 6.07 Å². The van der Waals surface area contributed by atoms with Gasteiger partial charge in [-0.05, 0) is 29.7 Å². The first kappa shape index (κ1) is 17.2. The van der Waals surface area contributed by atoms with Crippen molar-refractivity contribution in [2.45, 2.75) is 26.4 Å². The van der Waals surface area contributed by atoms with Crippen LogP contribution in [0.5, 0.6) is 0 Å². The molecule has 0 unspecified atom stereocenters. The second kappa shape index (κ2) is 7.53. The molecular formula is C20H17ClO4. The Morgan fingerprint density at radius 1 is 1.12 bits per heavy atom. The Kier molecular flexibility index (Phi) is 5.19. The maximum Gasteiger partial charge on any atom is 0.336 e. The molecule has 0 radical (unpaired) electrons. The molecule has 1 heterocycles.